The number of nitrogen functional groups attached to an aromatic ring is 1. The number of hydrogen-bond donors (Lipinski definition) is 1. The lowest BCUT2D eigenvalue weighted by atomic mass is 9.87. The van der Waals surface area contributed by atoms with Gasteiger partial charge in [0.2, 0.25) is 0 Å². The van der Waals surface area contributed by atoms with Crippen LogP contribution < -0.4 is 5.73 Å². The summed E-state index contributed by atoms with van der Waals surface area (Å²) in [6, 6.07) is 21.9. The number of rotatable bonds is 1. The Kier molecular flexibility index (Phi) is 2.41. The van der Waals surface area contributed by atoms with Gasteiger partial charge in [-0.1, -0.05) is 61.5 Å². The van der Waals surface area contributed by atoms with Crippen LogP contribution in [0.2, 0.25) is 0 Å². The molecule has 0 aromatic heterocycles. The molecule has 1 heteroatoms. The van der Waals surface area contributed by atoms with E-state index in [2.05, 4.69) is 67.6 Å². The van der Waals surface area contributed by atoms with E-state index in [0.29, 0.717) is 0 Å². The Bertz CT molecular complexity index is 1150. The van der Waals surface area contributed by atoms with Crippen LogP contribution in [0.4, 0.5) is 5.69 Å². The molecular weight excluding hydrogens is 278 g/mol. The number of hydrogen-bond acceptors (Lipinski definition) is 1. The van der Waals surface area contributed by atoms with Crippen LogP contribution in [-0.2, 0) is 6.42 Å². The fraction of sp³-hybridized carbons (Fsp3) is 0.0909. The maximum atomic E-state index is 6.37. The molecule has 0 saturated heterocycles. The van der Waals surface area contributed by atoms with Crippen molar-refractivity contribution in [1.29, 1.82) is 0 Å². The van der Waals surface area contributed by atoms with Crippen LogP contribution in [0, 0.1) is 0 Å². The van der Waals surface area contributed by atoms with E-state index in [1.807, 2.05) is 0 Å². The van der Waals surface area contributed by atoms with E-state index in [4.69, 9.17) is 5.73 Å². The highest BCUT2D eigenvalue weighted by Crippen LogP contribution is 2.42. The molecule has 5 aromatic rings. The van der Waals surface area contributed by atoms with Crippen molar-refractivity contribution in [3.63, 3.8) is 0 Å². The first kappa shape index (κ1) is 12.7. The molecule has 0 heterocycles. The predicted octanol–water partition coefficient (Wildman–Crippen LogP) is 5.88. The quantitative estimate of drug-likeness (QED) is 0.233. The fourth-order valence-corrected chi connectivity index (χ4v) is 4.13. The van der Waals surface area contributed by atoms with Crippen LogP contribution >= 0.6 is 0 Å². The number of nitrogens with two attached hydrogens (primary N) is 1. The summed E-state index contributed by atoms with van der Waals surface area (Å²) in [6.45, 7) is 2.20. The van der Waals surface area contributed by atoms with Gasteiger partial charge < -0.3 is 5.73 Å². The van der Waals surface area contributed by atoms with Gasteiger partial charge in [0, 0.05) is 11.1 Å². The second-order valence-corrected chi connectivity index (χ2v) is 6.29. The molecule has 0 amide bonds. The van der Waals surface area contributed by atoms with Crippen molar-refractivity contribution >= 4 is 48.8 Å². The zero-order valence-corrected chi connectivity index (χ0v) is 13.1. The number of fused-ring (bicyclic) bond motifs is 2. The van der Waals surface area contributed by atoms with Crippen molar-refractivity contribution in [1.82, 2.24) is 0 Å². The number of benzene rings is 5. The Labute approximate surface area is 134 Å². The summed E-state index contributed by atoms with van der Waals surface area (Å²) in [5.74, 6) is 0. The van der Waals surface area contributed by atoms with E-state index in [1.165, 1.54) is 48.7 Å². The second kappa shape index (κ2) is 4.36. The van der Waals surface area contributed by atoms with Crippen LogP contribution in [-0.4, -0.2) is 0 Å². The molecule has 1 nitrogen and oxygen atoms in total. The molecule has 0 aliphatic carbocycles. The summed E-state index contributed by atoms with van der Waals surface area (Å²) < 4.78 is 0. The first-order chi connectivity index (χ1) is 11.3. The minimum absolute atomic E-state index is 0.883. The molecule has 23 heavy (non-hydrogen) atoms. The van der Waals surface area contributed by atoms with Gasteiger partial charge in [-0.15, -0.1) is 0 Å². The second-order valence-electron chi connectivity index (χ2n) is 6.29. The summed E-state index contributed by atoms with van der Waals surface area (Å²) in [6.07, 6.45) is 0.996. The molecule has 0 aliphatic heterocycles. The topological polar surface area (TPSA) is 26.0 Å². The van der Waals surface area contributed by atoms with Gasteiger partial charge in [-0.2, -0.15) is 0 Å². The van der Waals surface area contributed by atoms with Crippen molar-refractivity contribution in [3.05, 3.63) is 66.2 Å². The molecule has 0 aliphatic rings. The fourth-order valence-electron chi connectivity index (χ4n) is 4.13. The lowest BCUT2D eigenvalue weighted by molar-refractivity contribution is 1.16. The molecular formula is C22H17N. The standard InChI is InChI=1S/C22H17N/c1-2-13-9-10-17-15-7-3-5-14-6-4-8-16(20(14)15)18-11-12-19(23)21(13)22(17)18/h3-12H,2,23H2,1H3. The maximum Gasteiger partial charge on any atom is 0.0397 e. The zero-order chi connectivity index (χ0) is 15.6. The van der Waals surface area contributed by atoms with Crippen molar-refractivity contribution in [2.75, 3.05) is 5.73 Å². The first-order valence-corrected chi connectivity index (χ1v) is 8.16. The van der Waals surface area contributed by atoms with Crippen LogP contribution in [0.3, 0.4) is 0 Å². The van der Waals surface area contributed by atoms with Crippen molar-refractivity contribution in [2.24, 2.45) is 0 Å². The van der Waals surface area contributed by atoms with E-state index in [0.717, 1.165) is 12.1 Å². The highest BCUT2D eigenvalue weighted by Gasteiger charge is 2.15. The summed E-state index contributed by atoms with van der Waals surface area (Å²) in [7, 11) is 0. The van der Waals surface area contributed by atoms with E-state index < -0.39 is 0 Å². The lowest BCUT2D eigenvalue weighted by Gasteiger charge is -2.17. The third-order valence-electron chi connectivity index (χ3n) is 5.15. The van der Waals surface area contributed by atoms with Crippen molar-refractivity contribution in [2.45, 2.75) is 13.3 Å². The zero-order valence-electron chi connectivity index (χ0n) is 13.1. The number of aryl methyl sites for hydroxylation is 1. The van der Waals surface area contributed by atoms with Gasteiger partial charge >= 0.3 is 0 Å². The third kappa shape index (κ3) is 1.52. The Morgan fingerprint density at radius 1 is 0.652 bits per heavy atom. The average Bonchev–Trinajstić information content (AvgIpc) is 2.60. The summed E-state index contributed by atoms with van der Waals surface area (Å²) >= 11 is 0. The molecule has 0 atom stereocenters. The molecule has 2 N–H and O–H groups in total. The Morgan fingerprint density at radius 2 is 1.26 bits per heavy atom. The SMILES string of the molecule is CCc1ccc2c3cccc4cccc(c5ccc(N)c1c52)c43. The molecule has 0 radical (unpaired) electrons. The van der Waals surface area contributed by atoms with Crippen LogP contribution in [0.15, 0.2) is 60.7 Å². The van der Waals surface area contributed by atoms with Gasteiger partial charge in [0.25, 0.3) is 0 Å². The Morgan fingerprint density at radius 3 is 1.91 bits per heavy atom. The highest BCUT2D eigenvalue weighted by molar-refractivity contribution is 6.34. The van der Waals surface area contributed by atoms with Crippen LogP contribution in [0.1, 0.15) is 12.5 Å². The minimum atomic E-state index is 0.883. The molecule has 0 unspecified atom stereocenters. The molecule has 0 saturated carbocycles. The third-order valence-corrected chi connectivity index (χ3v) is 5.15. The molecule has 5 aromatic carbocycles. The van der Waals surface area contributed by atoms with Gasteiger partial charge in [-0.3, -0.25) is 0 Å². The largest absolute Gasteiger partial charge is 0.398 e. The maximum absolute atomic E-state index is 6.37. The van der Waals surface area contributed by atoms with Gasteiger partial charge in [0.1, 0.15) is 0 Å². The molecule has 0 fully saturated rings. The average molecular weight is 295 g/mol. The van der Waals surface area contributed by atoms with Gasteiger partial charge in [-0.05, 0) is 55.8 Å². The van der Waals surface area contributed by atoms with Gasteiger partial charge in [0.05, 0.1) is 0 Å². The predicted molar refractivity (Wildman–Crippen MR) is 101 cm³/mol. The molecule has 0 bridgehead atoms. The normalized spacial score (nSPS) is 12.0. The monoisotopic (exact) mass is 295 g/mol. The van der Waals surface area contributed by atoms with Crippen molar-refractivity contribution in [3.8, 4) is 0 Å². The van der Waals surface area contributed by atoms with Crippen LogP contribution in [0.5, 0.6) is 0 Å². The first-order valence-electron chi connectivity index (χ1n) is 8.16. The van der Waals surface area contributed by atoms with Gasteiger partial charge in [-0.25, -0.2) is 0 Å². The summed E-state index contributed by atoms with van der Waals surface area (Å²) in [4.78, 5) is 0. The van der Waals surface area contributed by atoms with E-state index >= 15 is 0 Å². The van der Waals surface area contributed by atoms with E-state index in [-0.39, 0.29) is 0 Å². The smallest absolute Gasteiger partial charge is 0.0397 e. The highest BCUT2D eigenvalue weighted by atomic mass is 14.6. The molecule has 5 rings (SSSR count). The van der Waals surface area contributed by atoms with Crippen LogP contribution in [0.25, 0.3) is 43.1 Å². The van der Waals surface area contributed by atoms with Crippen molar-refractivity contribution < 1.29 is 0 Å². The molecule has 0 spiro atoms. The summed E-state index contributed by atoms with van der Waals surface area (Å²) in [5, 5.41) is 10.5. The van der Waals surface area contributed by atoms with E-state index in [9.17, 15) is 0 Å². The summed E-state index contributed by atoms with van der Waals surface area (Å²) in [5.41, 5.74) is 8.58. The lowest BCUT2D eigenvalue weighted by Crippen LogP contribution is -1.94. The Hall–Kier alpha value is -2.80. The number of anilines is 1. The van der Waals surface area contributed by atoms with E-state index in [1.54, 1.807) is 0 Å². The minimum Gasteiger partial charge on any atom is -0.398 e. The van der Waals surface area contributed by atoms with Gasteiger partial charge in [0.15, 0.2) is 0 Å². The molecule has 110 valence electrons. The Balaban J connectivity index is 2.23.